The zero-order chi connectivity index (χ0) is 29.7. The van der Waals surface area contributed by atoms with Gasteiger partial charge in [-0.2, -0.15) is 0 Å². The standard InChI is InChI=1S/C27H33Br7O5S/c1-2-3-4-5-6-7-8-9-37-15-19(30)17-39-27-24(33)12-21(13-25(27)34)40(35,36)20-10-22(31)26(23(32)11-20)38-16-18(29)14-28/h10-13,18-19H,2-9,14-17H2,1H3. The molecule has 2 rings (SSSR count). The average Bonchev–Trinajstić information content (AvgIpc) is 2.90. The van der Waals surface area contributed by atoms with Crippen LogP contribution in [0.1, 0.15) is 51.9 Å². The van der Waals surface area contributed by atoms with Gasteiger partial charge < -0.3 is 14.2 Å². The van der Waals surface area contributed by atoms with Gasteiger partial charge in [0.15, 0.2) is 0 Å². The number of unbranched alkanes of at least 4 members (excludes halogenated alkanes) is 6. The molecule has 0 aliphatic carbocycles. The molecule has 2 atom stereocenters. The van der Waals surface area contributed by atoms with Crippen LogP contribution in [0.4, 0.5) is 0 Å². The Balaban J connectivity index is 1.97. The van der Waals surface area contributed by atoms with Crippen molar-refractivity contribution in [3.05, 3.63) is 42.2 Å². The lowest BCUT2D eigenvalue weighted by atomic mass is 10.1. The Morgan fingerprint density at radius 2 is 1.10 bits per heavy atom. The van der Waals surface area contributed by atoms with Crippen LogP contribution >= 0.6 is 112 Å². The van der Waals surface area contributed by atoms with Crippen LogP contribution in [-0.4, -0.2) is 49.8 Å². The third-order valence-electron chi connectivity index (χ3n) is 5.74. The quantitative estimate of drug-likeness (QED) is 0.104. The summed E-state index contributed by atoms with van der Waals surface area (Å²) in [7, 11) is -3.83. The largest absolute Gasteiger partial charge is 0.490 e. The average molecular weight is 1030 g/mol. The summed E-state index contributed by atoms with van der Waals surface area (Å²) in [6, 6.07) is 6.18. The molecule has 0 saturated carbocycles. The van der Waals surface area contributed by atoms with E-state index in [0.717, 1.165) is 18.4 Å². The van der Waals surface area contributed by atoms with Crippen molar-refractivity contribution >= 4 is 121 Å². The number of hydrogen-bond donors (Lipinski definition) is 0. The Hall–Kier alpha value is 1.31. The molecule has 2 aromatic rings. The van der Waals surface area contributed by atoms with Crippen molar-refractivity contribution in [1.82, 2.24) is 0 Å². The van der Waals surface area contributed by atoms with Crippen molar-refractivity contribution in [3.8, 4) is 11.5 Å². The number of benzene rings is 2. The van der Waals surface area contributed by atoms with Gasteiger partial charge in [-0.1, -0.05) is 93.2 Å². The molecule has 0 amide bonds. The van der Waals surface area contributed by atoms with Crippen molar-refractivity contribution in [2.24, 2.45) is 0 Å². The fraction of sp³-hybridized carbons (Fsp3) is 0.556. The maximum absolute atomic E-state index is 13.5. The van der Waals surface area contributed by atoms with Crippen LogP contribution in [0.25, 0.3) is 0 Å². The van der Waals surface area contributed by atoms with Gasteiger partial charge in [-0.05, 0) is 94.4 Å². The highest BCUT2D eigenvalue weighted by Crippen LogP contribution is 2.41. The van der Waals surface area contributed by atoms with Crippen molar-refractivity contribution in [1.29, 1.82) is 0 Å². The second-order valence-electron chi connectivity index (χ2n) is 9.10. The van der Waals surface area contributed by atoms with Crippen LogP contribution in [0.2, 0.25) is 0 Å². The topological polar surface area (TPSA) is 61.8 Å². The molecule has 0 heterocycles. The maximum atomic E-state index is 13.5. The SMILES string of the molecule is CCCCCCCCCOCC(Br)COc1c(Br)cc(S(=O)(=O)c2cc(Br)c(OCC(Br)CBr)c(Br)c2)cc1Br. The lowest BCUT2D eigenvalue weighted by Gasteiger charge is -2.16. The number of rotatable bonds is 19. The van der Waals surface area contributed by atoms with E-state index in [4.69, 9.17) is 14.2 Å². The molecule has 2 aromatic carbocycles. The molecule has 0 saturated heterocycles. The molecular weight excluding hydrogens is 996 g/mol. The van der Waals surface area contributed by atoms with Crippen LogP contribution in [-0.2, 0) is 14.6 Å². The summed E-state index contributed by atoms with van der Waals surface area (Å²) in [5, 5.41) is 0.724. The first-order valence-corrected chi connectivity index (χ1v) is 20.5. The van der Waals surface area contributed by atoms with E-state index in [1.54, 1.807) is 24.3 Å². The molecule has 13 heteroatoms. The molecule has 226 valence electrons. The van der Waals surface area contributed by atoms with Gasteiger partial charge in [-0.25, -0.2) is 8.42 Å². The van der Waals surface area contributed by atoms with E-state index in [-0.39, 0.29) is 19.4 Å². The molecule has 2 unspecified atom stereocenters. The highest BCUT2D eigenvalue weighted by molar-refractivity contribution is 9.12. The summed E-state index contributed by atoms with van der Waals surface area (Å²) in [4.78, 5) is 0.372. The summed E-state index contributed by atoms with van der Waals surface area (Å²) < 4.78 is 46.7. The smallest absolute Gasteiger partial charge is 0.206 e. The Labute approximate surface area is 297 Å². The van der Waals surface area contributed by atoms with Gasteiger partial charge in [-0.3, -0.25) is 0 Å². The molecule has 0 N–H and O–H groups in total. The number of alkyl halides is 3. The Kier molecular flexibility index (Phi) is 18.4. The molecule has 0 aliphatic heterocycles. The van der Waals surface area contributed by atoms with Gasteiger partial charge in [0.25, 0.3) is 0 Å². The molecule has 0 aliphatic rings. The molecule has 0 radical (unpaired) electrons. The van der Waals surface area contributed by atoms with Gasteiger partial charge in [0.05, 0.1) is 43.9 Å². The summed E-state index contributed by atoms with van der Waals surface area (Å²) in [6.45, 7) is 4.28. The predicted octanol–water partition coefficient (Wildman–Crippen LogP) is 11.0. The second-order valence-corrected chi connectivity index (χ2v) is 17.7. The maximum Gasteiger partial charge on any atom is 0.206 e. The lowest BCUT2D eigenvalue weighted by molar-refractivity contribution is 0.121. The third kappa shape index (κ3) is 12.4. The number of ether oxygens (including phenoxy) is 3. The molecule has 0 fully saturated rings. The second kappa shape index (κ2) is 19.6. The summed E-state index contributed by atoms with van der Waals surface area (Å²) >= 11 is 24.4. The minimum absolute atomic E-state index is 0.00374. The van der Waals surface area contributed by atoms with E-state index in [2.05, 4.69) is 118 Å². The Morgan fingerprint density at radius 3 is 1.55 bits per heavy atom. The Morgan fingerprint density at radius 1 is 0.675 bits per heavy atom. The van der Waals surface area contributed by atoms with Crippen LogP contribution in [0.15, 0.2) is 51.9 Å². The van der Waals surface area contributed by atoms with Crippen molar-refractivity contribution < 1.29 is 22.6 Å². The van der Waals surface area contributed by atoms with Gasteiger partial charge in [0, 0.05) is 11.9 Å². The zero-order valence-corrected chi connectivity index (χ0v) is 34.0. The first-order valence-electron chi connectivity index (χ1n) is 12.9. The van der Waals surface area contributed by atoms with Crippen molar-refractivity contribution in [2.75, 3.05) is 31.8 Å². The van der Waals surface area contributed by atoms with Gasteiger partial charge in [0.2, 0.25) is 9.84 Å². The summed E-state index contributed by atoms with van der Waals surface area (Å²) in [5.41, 5.74) is 0. The number of halogens is 7. The van der Waals surface area contributed by atoms with Crippen LogP contribution < -0.4 is 9.47 Å². The highest BCUT2D eigenvalue weighted by Gasteiger charge is 2.24. The Bertz CT molecular complexity index is 1130. The molecule has 0 spiro atoms. The molecule has 40 heavy (non-hydrogen) atoms. The molecule has 0 bridgehead atoms. The van der Waals surface area contributed by atoms with E-state index >= 15 is 0 Å². The van der Waals surface area contributed by atoms with Crippen molar-refractivity contribution in [3.63, 3.8) is 0 Å². The monoisotopic (exact) mass is 1020 g/mol. The van der Waals surface area contributed by atoms with E-state index in [1.165, 1.54) is 38.5 Å². The van der Waals surface area contributed by atoms with E-state index in [9.17, 15) is 8.42 Å². The van der Waals surface area contributed by atoms with Crippen LogP contribution in [0.5, 0.6) is 11.5 Å². The minimum atomic E-state index is -3.83. The minimum Gasteiger partial charge on any atom is -0.490 e. The van der Waals surface area contributed by atoms with E-state index < -0.39 is 9.84 Å². The van der Waals surface area contributed by atoms with Crippen LogP contribution in [0, 0.1) is 0 Å². The predicted molar refractivity (Wildman–Crippen MR) is 188 cm³/mol. The van der Waals surface area contributed by atoms with Gasteiger partial charge in [-0.15, -0.1) is 0 Å². The number of sulfone groups is 1. The van der Waals surface area contributed by atoms with Crippen LogP contribution in [0.3, 0.4) is 0 Å². The normalized spacial score (nSPS) is 13.3. The molecule has 0 aromatic heterocycles. The highest BCUT2D eigenvalue weighted by atomic mass is 79.9. The third-order valence-corrected chi connectivity index (χ3v) is 12.6. The number of hydrogen-bond acceptors (Lipinski definition) is 5. The van der Waals surface area contributed by atoms with Gasteiger partial charge in [0.1, 0.15) is 24.7 Å². The fourth-order valence-corrected chi connectivity index (χ4v) is 9.05. The molecular formula is C27H33Br7O5S. The molecule has 5 nitrogen and oxygen atoms in total. The van der Waals surface area contributed by atoms with E-state index in [0.29, 0.717) is 49.2 Å². The first kappa shape index (κ1) is 37.5. The summed E-state index contributed by atoms with van der Waals surface area (Å²) in [5.74, 6) is 1.06. The summed E-state index contributed by atoms with van der Waals surface area (Å²) in [6.07, 6.45) is 8.75. The zero-order valence-electron chi connectivity index (χ0n) is 22.0. The van der Waals surface area contributed by atoms with E-state index in [1.807, 2.05) is 0 Å². The lowest BCUT2D eigenvalue weighted by Crippen LogP contribution is -2.18. The van der Waals surface area contributed by atoms with Gasteiger partial charge >= 0.3 is 0 Å². The van der Waals surface area contributed by atoms with Crippen molar-refractivity contribution in [2.45, 2.75) is 71.3 Å². The first-order chi connectivity index (χ1) is 19.0. The fourth-order valence-electron chi connectivity index (χ4n) is 3.61.